The van der Waals surface area contributed by atoms with Gasteiger partial charge in [0, 0.05) is 17.1 Å². The molecule has 2 rings (SSSR count). The van der Waals surface area contributed by atoms with Crippen LogP contribution in [0.15, 0.2) is 18.2 Å². The lowest BCUT2D eigenvalue weighted by molar-refractivity contribution is 0.172. The van der Waals surface area contributed by atoms with E-state index in [-0.39, 0.29) is 5.54 Å². The monoisotopic (exact) mass is 267 g/mol. The summed E-state index contributed by atoms with van der Waals surface area (Å²) < 4.78 is 0. The van der Waals surface area contributed by atoms with E-state index in [9.17, 15) is 0 Å². The highest BCUT2D eigenvalue weighted by molar-refractivity contribution is 6.31. The van der Waals surface area contributed by atoms with E-state index in [0.29, 0.717) is 5.02 Å². The van der Waals surface area contributed by atoms with Gasteiger partial charge in [-0.1, -0.05) is 24.4 Å². The Hall–Kier alpha value is -0.930. The van der Waals surface area contributed by atoms with Crippen LogP contribution in [-0.4, -0.2) is 31.1 Å². The standard InChI is InChI=1S/C14H22ClN3/c1-18(2)14(7-3-4-8-14)10-17-13-6-5-11(15)9-12(13)16/h5-6,9,17H,3-4,7-8,10,16H2,1-2H3. The van der Waals surface area contributed by atoms with Crippen LogP contribution in [0.5, 0.6) is 0 Å². The van der Waals surface area contributed by atoms with E-state index in [4.69, 9.17) is 17.3 Å². The minimum absolute atomic E-state index is 0.270. The third kappa shape index (κ3) is 2.73. The van der Waals surface area contributed by atoms with Crippen molar-refractivity contribution in [2.75, 3.05) is 31.7 Å². The molecule has 0 aliphatic heterocycles. The van der Waals surface area contributed by atoms with Crippen molar-refractivity contribution in [3.63, 3.8) is 0 Å². The predicted octanol–water partition coefficient (Wildman–Crippen LogP) is 3.21. The highest BCUT2D eigenvalue weighted by Crippen LogP contribution is 2.34. The summed E-state index contributed by atoms with van der Waals surface area (Å²) in [6.07, 6.45) is 5.13. The van der Waals surface area contributed by atoms with Gasteiger partial charge in [0.2, 0.25) is 0 Å². The van der Waals surface area contributed by atoms with Crippen LogP contribution < -0.4 is 11.1 Å². The molecule has 0 amide bonds. The maximum Gasteiger partial charge on any atom is 0.0575 e. The summed E-state index contributed by atoms with van der Waals surface area (Å²) >= 11 is 5.91. The number of benzene rings is 1. The molecule has 1 fully saturated rings. The van der Waals surface area contributed by atoms with E-state index >= 15 is 0 Å². The quantitative estimate of drug-likeness (QED) is 0.823. The van der Waals surface area contributed by atoms with Crippen molar-refractivity contribution in [2.24, 2.45) is 0 Å². The zero-order valence-electron chi connectivity index (χ0n) is 11.2. The van der Waals surface area contributed by atoms with Crippen molar-refractivity contribution in [1.82, 2.24) is 4.90 Å². The normalized spacial score (nSPS) is 18.2. The lowest BCUT2D eigenvalue weighted by Gasteiger charge is -2.37. The number of halogens is 1. The molecule has 1 saturated carbocycles. The Bertz CT molecular complexity index is 412. The van der Waals surface area contributed by atoms with Gasteiger partial charge in [0.15, 0.2) is 0 Å². The van der Waals surface area contributed by atoms with Crippen LogP contribution in [0.2, 0.25) is 5.02 Å². The molecule has 100 valence electrons. The van der Waals surface area contributed by atoms with Gasteiger partial charge in [-0.05, 0) is 45.1 Å². The molecule has 1 aliphatic rings. The first kappa shape index (κ1) is 13.5. The van der Waals surface area contributed by atoms with Crippen molar-refractivity contribution < 1.29 is 0 Å². The van der Waals surface area contributed by atoms with E-state index in [0.717, 1.165) is 17.9 Å². The van der Waals surface area contributed by atoms with Gasteiger partial charge in [0.1, 0.15) is 0 Å². The van der Waals surface area contributed by atoms with Gasteiger partial charge in [0.05, 0.1) is 11.4 Å². The molecule has 3 N–H and O–H groups in total. The zero-order valence-corrected chi connectivity index (χ0v) is 11.9. The molecule has 18 heavy (non-hydrogen) atoms. The molecule has 0 spiro atoms. The van der Waals surface area contributed by atoms with Crippen LogP contribution >= 0.6 is 11.6 Å². The van der Waals surface area contributed by atoms with E-state index in [1.165, 1.54) is 25.7 Å². The van der Waals surface area contributed by atoms with E-state index in [1.807, 2.05) is 12.1 Å². The van der Waals surface area contributed by atoms with Crippen molar-refractivity contribution in [1.29, 1.82) is 0 Å². The van der Waals surface area contributed by atoms with Crippen LogP contribution in [-0.2, 0) is 0 Å². The second kappa shape index (κ2) is 5.37. The van der Waals surface area contributed by atoms with Gasteiger partial charge >= 0.3 is 0 Å². The molecule has 0 radical (unpaired) electrons. The second-order valence-electron chi connectivity index (χ2n) is 5.41. The van der Waals surface area contributed by atoms with E-state index in [2.05, 4.69) is 24.3 Å². The van der Waals surface area contributed by atoms with Gasteiger partial charge in [0.25, 0.3) is 0 Å². The summed E-state index contributed by atoms with van der Waals surface area (Å²) in [6, 6.07) is 5.62. The number of rotatable bonds is 4. The highest BCUT2D eigenvalue weighted by Gasteiger charge is 2.35. The third-order valence-corrected chi connectivity index (χ3v) is 4.34. The molecule has 1 aromatic rings. The lowest BCUT2D eigenvalue weighted by atomic mass is 9.96. The first-order valence-electron chi connectivity index (χ1n) is 6.50. The summed E-state index contributed by atoms with van der Waals surface area (Å²) in [5, 5.41) is 4.16. The molecular formula is C14H22ClN3. The van der Waals surface area contributed by atoms with Gasteiger partial charge in [-0.15, -0.1) is 0 Å². The smallest absolute Gasteiger partial charge is 0.0575 e. The molecule has 0 unspecified atom stereocenters. The summed E-state index contributed by atoms with van der Waals surface area (Å²) in [6.45, 7) is 0.936. The number of anilines is 2. The Balaban J connectivity index is 2.06. The van der Waals surface area contributed by atoms with Crippen LogP contribution in [0.3, 0.4) is 0 Å². The van der Waals surface area contributed by atoms with Gasteiger partial charge < -0.3 is 16.0 Å². The average molecular weight is 268 g/mol. The van der Waals surface area contributed by atoms with Crippen molar-refractivity contribution in [2.45, 2.75) is 31.2 Å². The maximum atomic E-state index is 5.96. The van der Waals surface area contributed by atoms with E-state index in [1.54, 1.807) is 6.07 Å². The molecule has 3 nitrogen and oxygen atoms in total. The number of hydrogen-bond donors (Lipinski definition) is 2. The largest absolute Gasteiger partial charge is 0.397 e. The third-order valence-electron chi connectivity index (χ3n) is 4.10. The van der Waals surface area contributed by atoms with Crippen LogP contribution in [0.4, 0.5) is 11.4 Å². The number of hydrogen-bond acceptors (Lipinski definition) is 3. The molecular weight excluding hydrogens is 246 g/mol. The van der Waals surface area contributed by atoms with Crippen LogP contribution in [0, 0.1) is 0 Å². The van der Waals surface area contributed by atoms with Crippen LogP contribution in [0.25, 0.3) is 0 Å². The fourth-order valence-corrected chi connectivity index (χ4v) is 2.95. The molecule has 4 heteroatoms. The molecule has 0 bridgehead atoms. The Morgan fingerprint density at radius 1 is 1.33 bits per heavy atom. The molecule has 0 atom stereocenters. The Labute approximate surface area is 114 Å². The molecule has 1 aromatic carbocycles. The number of nitrogen functional groups attached to an aromatic ring is 1. The predicted molar refractivity (Wildman–Crippen MR) is 79.2 cm³/mol. The number of nitrogens with one attached hydrogen (secondary N) is 1. The first-order chi connectivity index (χ1) is 8.53. The van der Waals surface area contributed by atoms with E-state index < -0.39 is 0 Å². The zero-order chi connectivity index (χ0) is 13.2. The summed E-state index contributed by atoms with van der Waals surface area (Å²) in [5.41, 5.74) is 7.93. The fourth-order valence-electron chi connectivity index (χ4n) is 2.77. The lowest BCUT2D eigenvalue weighted by Crippen LogP contribution is -2.47. The minimum atomic E-state index is 0.270. The minimum Gasteiger partial charge on any atom is -0.397 e. The van der Waals surface area contributed by atoms with Crippen LogP contribution in [0.1, 0.15) is 25.7 Å². The second-order valence-corrected chi connectivity index (χ2v) is 5.85. The molecule has 0 saturated heterocycles. The van der Waals surface area contributed by atoms with Crippen molar-refractivity contribution >= 4 is 23.0 Å². The number of nitrogens with two attached hydrogens (primary N) is 1. The van der Waals surface area contributed by atoms with Crippen molar-refractivity contribution in [3.05, 3.63) is 23.2 Å². The number of likely N-dealkylation sites (N-methyl/N-ethyl adjacent to an activating group) is 1. The maximum absolute atomic E-state index is 5.96. The average Bonchev–Trinajstić information content (AvgIpc) is 2.78. The number of nitrogens with zero attached hydrogens (tertiary/aromatic N) is 1. The Kier molecular flexibility index (Phi) is 4.03. The summed E-state index contributed by atoms with van der Waals surface area (Å²) in [4.78, 5) is 2.35. The molecule has 1 aliphatic carbocycles. The Morgan fingerprint density at radius 3 is 2.56 bits per heavy atom. The fraction of sp³-hybridized carbons (Fsp3) is 0.571. The molecule has 0 aromatic heterocycles. The first-order valence-corrected chi connectivity index (χ1v) is 6.88. The topological polar surface area (TPSA) is 41.3 Å². The summed E-state index contributed by atoms with van der Waals surface area (Å²) in [5.74, 6) is 0. The van der Waals surface area contributed by atoms with Gasteiger partial charge in [-0.3, -0.25) is 0 Å². The Morgan fingerprint density at radius 2 is 2.00 bits per heavy atom. The summed E-state index contributed by atoms with van der Waals surface area (Å²) in [7, 11) is 4.33. The SMILES string of the molecule is CN(C)C1(CNc2ccc(Cl)cc2N)CCCC1. The van der Waals surface area contributed by atoms with Crippen molar-refractivity contribution in [3.8, 4) is 0 Å². The highest BCUT2D eigenvalue weighted by atomic mass is 35.5. The van der Waals surface area contributed by atoms with Gasteiger partial charge in [-0.25, -0.2) is 0 Å². The van der Waals surface area contributed by atoms with Gasteiger partial charge in [-0.2, -0.15) is 0 Å². The molecule has 0 heterocycles.